The SMILES string of the molecule is C=CCNS(=O)(=O)c1cc(C(=O)NCC(=O)NCc2ccco2)ccc1F. The number of halogens is 1. The number of rotatable bonds is 9. The molecule has 1 aromatic heterocycles. The lowest BCUT2D eigenvalue weighted by Crippen LogP contribution is -2.36. The smallest absolute Gasteiger partial charge is 0.251 e. The molecule has 0 saturated carbocycles. The van der Waals surface area contributed by atoms with Crippen molar-refractivity contribution in [1.82, 2.24) is 15.4 Å². The molecule has 0 saturated heterocycles. The molecular formula is C17H18FN3O5S. The zero-order chi connectivity index (χ0) is 19.9. The summed E-state index contributed by atoms with van der Waals surface area (Å²) in [6.45, 7) is 3.10. The lowest BCUT2D eigenvalue weighted by Gasteiger charge is -2.09. The Morgan fingerprint density at radius 2 is 2.00 bits per heavy atom. The van der Waals surface area contributed by atoms with Gasteiger partial charge in [0.25, 0.3) is 5.91 Å². The van der Waals surface area contributed by atoms with Gasteiger partial charge in [-0.05, 0) is 30.3 Å². The molecule has 1 heterocycles. The molecule has 0 aliphatic heterocycles. The van der Waals surface area contributed by atoms with Gasteiger partial charge in [0, 0.05) is 12.1 Å². The molecule has 10 heteroatoms. The van der Waals surface area contributed by atoms with E-state index in [1.165, 1.54) is 12.3 Å². The lowest BCUT2D eigenvalue weighted by molar-refractivity contribution is -0.120. The number of nitrogens with one attached hydrogen (secondary N) is 3. The van der Waals surface area contributed by atoms with Gasteiger partial charge in [0.2, 0.25) is 15.9 Å². The highest BCUT2D eigenvalue weighted by molar-refractivity contribution is 7.89. The topological polar surface area (TPSA) is 118 Å². The molecule has 0 fully saturated rings. The van der Waals surface area contributed by atoms with E-state index < -0.39 is 32.6 Å². The number of sulfonamides is 1. The van der Waals surface area contributed by atoms with E-state index in [9.17, 15) is 22.4 Å². The van der Waals surface area contributed by atoms with Crippen LogP contribution < -0.4 is 15.4 Å². The minimum Gasteiger partial charge on any atom is -0.467 e. The van der Waals surface area contributed by atoms with Gasteiger partial charge in [-0.15, -0.1) is 6.58 Å². The summed E-state index contributed by atoms with van der Waals surface area (Å²) in [6.07, 6.45) is 2.76. The third-order valence-corrected chi connectivity index (χ3v) is 4.79. The van der Waals surface area contributed by atoms with Crippen molar-refractivity contribution < 1.29 is 26.8 Å². The van der Waals surface area contributed by atoms with E-state index in [-0.39, 0.29) is 25.2 Å². The van der Waals surface area contributed by atoms with Crippen LogP contribution in [0.2, 0.25) is 0 Å². The summed E-state index contributed by atoms with van der Waals surface area (Å²) >= 11 is 0. The van der Waals surface area contributed by atoms with E-state index in [4.69, 9.17) is 4.42 Å². The first-order valence-electron chi connectivity index (χ1n) is 7.81. The Balaban J connectivity index is 1.98. The monoisotopic (exact) mass is 395 g/mol. The minimum atomic E-state index is -4.14. The van der Waals surface area contributed by atoms with Crippen molar-refractivity contribution in [1.29, 1.82) is 0 Å². The van der Waals surface area contributed by atoms with Crippen molar-refractivity contribution in [3.63, 3.8) is 0 Å². The maximum atomic E-state index is 13.9. The van der Waals surface area contributed by atoms with Crippen LogP contribution in [0.3, 0.4) is 0 Å². The summed E-state index contributed by atoms with van der Waals surface area (Å²) in [6, 6.07) is 6.25. The Bertz CT molecular complexity index is 926. The molecule has 8 nitrogen and oxygen atoms in total. The molecule has 0 aliphatic carbocycles. The van der Waals surface area contributed by atoms with Crippen LogP contribution in [0.5, 0.6) is 0 Å². The molecule has 0 unspecified atom stereocenters. The van der Waals surface area contributed by atoms with Crippen LogP contribution in [-0.2, 0) is 21.4 Å². The average molecular weight is 395 g/mol. The van der Waals surface area contributed by atoms with Crippen molar-refractivity contribution in [3.05, 3.63) is 66.4 Å². The third-order valence-electron chi connectivity index (χ3n) is 3.35. The Hall–Kier alpha value is -2.98. The van der Waals surface area contributed by atoms with Crippen molar-refractivity contribution in [2.24, 2.45) is 0 Å². The summed E-state index contributed by atoms with van der Waals surface area (Å²) in [5.74, 6) is -1.64. The molecule has 2 rings (SSSR count). The molecule has 0 atom stereocenters. The normalized spacial score (nSPS) is 11.0. The lowest BCUT2D eigenvalue weighted by atomic mass is 10.2. The molecule has 0 spiro atoms. The first-order chi connectivity index (χ1) is 12.8. The molecule has 2 aromatic rings. The Kier molecular flexibility index (Phi) is 6.85. The Labute approximate surface area is 155 Å². The van der Waals surface area contributed by atoms with Gasteiger partial charge in [-0.1, -0.05) is 6.08 Å². The second kappa shape index (κ2) is 9.10. The fourth-order valence-corrected chi connectivity index (χ4v) is 3.12. The van der Waals surface area contributed by atoms with E-state index >= 15 is 0 Å². The number of benzene rings is 1. The number of hydrogen-bond donors (Lipinski definition) is 3. The van der Waals surface area contributed by atoms with Gasteiger partial charge in [0.15, 0.2) is 0 Å². The van der Waals surface area contributed by atoms with E-state index in [0.717, 1.165) is 18.2 Å². The van der Waals surface area contributed by atoms with E-state index in [1.54, 1.807) is 12.1 Å². The summed E-state index contributed by atoms with van der Waals surface area (Å²) in [7, 11) is -4.14. The highest BCUT2D eigenvalue weighted by Crippen LogP contribution is 2.16. The maximum Gasteiger partial charge on any atom is 0.251 e. The summed E-state index contributed by atoms with van der Waals surface area (Å²) in [5, 5.41) is 4.87. The van der Waals surface area contributed by atoms with Crippen LogP contribution in [0.4, 0.5) is 4.39 Å². The highest BCUT2D eigenvalue weighted by Gasteiger charge is 2.20. The number of hydrogen-bond acceptors (Lipinski definition) is 5. The van der Waals surface area contributed by atoms with Crippen molar-refractivity contribution >= 4 is 21.8 Å². The van der Waals surface area contributed by atoms with Crippen molar-refractivity contribution in [2.45, 2.75) is 11.4 Å². The zero-order valence-corrected chi connectivity index (χ0v) is 15.0. The molecule has 1 aromatic carbocycles. The fraction of sp³-hybridized carbons (Fsp3) is 0.176. The molecule has 0 aliphatic rings. The van der Waals surface area contributed by atoms with Gasteiger partial charge < -0.3 is 15.1 Å². The molecule has 27 heavy (non-hydrogen) atoms. The molecule has 0 bridgehead atoms. The Morgan fingerprint density at radius 3 is 2.67 bits per heavy atom. The van der Waals surface area contributed by atoms with Gasteiger partial charge in [0.05, 0.1) is 19.4 Å². The number of carbonyl (C=O) groups is 2. The molecule has 3 N–H and O–H groups in total. The van der Waals surface area contributed by atoms with Gasteiger partial charge in [-0.3, -0.25) is 9.59 Å². The van der Waals surface area contributed by atoms with Crippen molar-refractivity contribution in [2.75, 3.05) is 13.1 Å². The van der Waals surface area contributed by atoms with Crippen LogP contribution in [0.1, 0.15) is 16.1 Å². The van der Waals surface area contributed by atoms with Gasteiger partial charge in [0.1, 0.15) is 16.5 Å². The van der Waals surface area contributed by atoms with Crippen LogP contribution in [0.25, 0.3) is 0 Å². The zero-order valence-electron chi connectivity index (χ0n) is 14.2. The second-order valence-electron chi connectivity index (χ2n) is 5.32. The summed E-state index contributed by atoms with van der Waals surface area (Å²) in [4.78, 5) is 23.2. The first-order valence-corrected chi connectivity index (χ1v) is 9.29. The molecule has 0 radical (unpaired) electrons. The van der Waals surface area contributed by atoms with Crippen molar-refractivity contribution in [3.8, 4) is 0 Å². The molecule has 144 valence electrons. The van der Waals surface area contributed by atoms with Crippen LogP contribution >= 0.6 is 0 Å². The van der Waals surface area contributed by atoms with Crippen LogP contribution in [0.15, 0.2) is 58.6 Å². The molecule has 2 amide bonds. The number of amides is 2. The van der Waals surface area contributed by atoms with Crippen LogP contribution in [0, 0.1) is 5.82 Å². The largest absolute Gasteiger partial charge is 0.467 e. The fourth-order valence-electron chi connectivity index (χ4n) is 2.02. The Morgan fingerprint density at radius 1 is 1.22 bits per heavy atom. The summed E-state index contributed by atoms with van der Waals surface area (Å²) in [5.41, 5.74) is -0.103. The van der Waals surface area contributed by atoms with Gasteiger partial charge in [-0.2, -0.15) is 0 Å². The van der Waals surface area contributed by atoms with E-state index in [0.29, 0.717) is 5.76 Å². The maximum absolute atomic E-state index is 13.9. The van der Waals surface area contributed by atoms with Gasteiger partial charge in [-0.25, -0.2) is 17.5 Å². The molecular weight excluding hydrogens is 377 g/mol. The van der Waals surface area contributed by atoms with E-state index in [1.807, 2.05) is 0 Å². The number of furan rings is 1. The second-order valence-corrected chi connectivity index (χ2v) is 7.06. The minimum absolute atomic E-state index is 0.0892. The first kappa shape index (κ1) is 20.3. The number of carbonyl (C=O) groups excluding carboxylic acids is 2. The average Bonchev–Trinajstić information content (AvgIpc) is 3.16. The van der Waals surface area contributed by atoms with Crippen LogP contribution in [-0.4, -0.2) is 33.3 Å². The van der Waals surface area contributed by atoms with Gasteiger partial charge >= 0.3 is 0 Å². The standard InChI is InChI=1S/C17H18FN3O5S/c1-2-7-21-27(24,25)15-9-12(5-6-14(15)18)17(23)20-11-16(22)19-10-13-4-3-8-26-13/h2-6,8-9,21H,1,7,10-11H2,(H,19,22)(H,20,23). The predicted octanol–water partition coefficient (Wildman–Crippen LogP) is 0.929. The summed E-state index contributed by atoms with van der Waals surface area (Å²) < 4.78 is 45.1. The predicted molar refractivity (Wildman–Crippen MR) is 94.7 cm³/mol. The third kappa shape index (κ3) is 5.76. The quantitative estimate of drug-likeness (QED) is 0.546. The highest BCUT2D eigenvalue weighted by atomic mass is 32.2. The van der Waals surface area contributed by atoms with E-state index in [2.05, 4.69) is 21.9 Å².